The molecule has 1 amide bonds. The van der Waals surface area contributed by atoms with Gasteiger partial charge in [0.05, 0.1) is 19.6 Å². The van der Waals surface area contributed by atoms with Gasteiger partial charge < -0.3 is 9.52 Å². The van der Waals surface area contributed by atoms with E-state index in [0.29, 0.717) is 25.4 Å². The summed E-state index contributed by atoms with van der Waals surface area (Å²) in [6, 6.07) is 14.6. The van der Waals surface area contributed by atoms with E-state index in [9.17, 15) is 9.90 Å². The summed E-state index contributed by atoms with van der Waals surface area (Å²) in [4.78, 5) is 13.2. The maximum absolute atomic E-state index is 12.2. The highest BCUT2D eigenvalue weighted by Crippen LogP contribution is 2.35. The van der Waals surface area contributed by atoms with E-state index in [2.05, 4.69) is 58.3 Å². The van der Waals surface area contributed by atoms with E-state index in [-0.39, 0.29) is 5.75 Å². The van der Waals surface area contributed by atoms with Crippen LogP contribution in [0.5, 0.6) is 5.75 Å². The fourth-order valence-corrected chi connectivity index (χ4v) is 4.55. The van der Waals surface area contributed by atoms with Crippen LogP contribution in [0.15, 0.2) is 81.5 Å². The van der Waals surface area contributed by atoms with Gasteiger partial charge in [-0.1, -0.05) is 30.0 Å². The average molecular weight is 575 g/mol. The van der Waals surface area contributed by atoms with Crippen LogP contribution in [-0.4, -0.2) is 17.2 Å². The number of phenolic OH excluding ortho intramolecular Hbond substituents is 1. The van der Waals surface area contributed by atoms with Crippen LogP contribution in [0.3, 0.4) is 0 Å². The van der Waals surface area contributed by atoms with Gasteiger partial charge in [0.15, 0.2) is 5.09 Å². The zero-order valence-electron chi connectivity index (χ0n) is 13.4. The summed E-state index contributed by atoms with van der Waals surface area (Å²) < 4.78 is 7.34. The van der Waals surface area contributed by atoms with E-state index < -0.39 is 5.91 Å². The first-order chi connectivity index (χ1) is 12.9. The lowest BCUT2D eigenvalue weighted by Crippen LogP contribution is -2.17. The van der Waals surface area contributed by atoms with Crippen molar-refractivity contribution in [2.24, 2.45) is 5.10 Å². The van der Waals surface area contributed by atoms with Crippen molar-refractivity contribution in [3.8, 4) is 5.75 Å². The van der Waals surface area contributed by atoms with Crippen molar-refractivity contribution in [2.75, 3.05) is 0 Å². The number of phenols is 1. The summed E-state index contributed by atoms with van der Waals surface area (Å²) in [5.74, 6) is 0.102. The molecule has 3 aromatic rings. The van der Waals surface area contributed by atoms with Gasteiger partial charge in [-0.25, -0.2) is 5.43 Å². The van der Waals surface area contributed by atoms with Crippen molar-refractivity contribution < 1.29 is 14.3 Å². The lowest BCUT2D eigenvalue weighted by molar-refractivity contribution is 0.0955. The minimum absolute atomic E-state index is 0.0268. The summed E-state index contributed by atoms with van der Waals surface area (Å²) in [6.45, 7) is 0. The Hall–Kier alpha value is -1.55. The van der Waals surface area contributed by atoms with E-state index in [1.165, 1.54) is 30.1 Å². The topological polar surface area (TPSA) is 74.8 Å². The van der Waals surface area contributed by atoms with Crippen molar-refractivity contribution in [3.63, 3.8) is 0 Å². The van der Waals surface area contributed by atoms with Gasteiger partial charge in [0.2, 0.25) is 0 Å². The number of nitrogens with zero attached hydrogens (tertiary/aromatic N) is 1. The van der Waals surface area contributed by atoms with Crippen LogP contribution in [0.4, 0.5) is 0 Å². The second-order valence-corrected chi connectivity index (χ2v) is 8.80. The zero-order chi connectivity index (χ0) is 19.4. The summed E-state index contributed by atoms with van der Waals surface area (Å²) in [5, 5.41) is 14.3. The van der Waals surface area contributed by atoms with Gasteiger partial charge >= 0.3 is 0 Å². The number of aromatic hydroxyl groups is 1. The smallest absolute Gasteiger partial charge is 0.271 e. The largest absolute Gasteiger partial charge is 0.506 e. The van der Waals surface area contributed by atoms with Crippen LogP contribution in [0.25, 0.3) is 0 Å². The molecule has 0 aliphatic carbocycles. The second-order valence-electron chi connectivity index (χ2n) is 5.19. The van der Waals surface area contributed by atoms with Crippen molar-refractivity contribution in [1.82, 2.24) is 5.43 Å². The first-order valence-corrected chi connectivity index (χ1v) is 10.7. The third kappa shape index (κ3) is 5.25. The molecule has 0 spiro atoms. The number of nitrogens with one attached hydrogen (secondary N) is 1. The number of rotatable bonds is 5. The number of amides is 1. The molecule has 0 aliphatic rings. The standard InChI is InChI=1S/C18H11Br3N2O3S/c19-13-6-10(7-14(20)16(13)24)17(25)23-22-9-11-8-15(21)18(26-11)27-12-4-2-1-3-5-12/h1-9,24H,(H,23,25)/b22-9-. The highest BCUT2D eigenvalue weighted by atomic mass is 79.9. The fraction of sp³-hybridized carbons (Fsp3) is 0. The number of carbonyl (C=O) groups is 1. The molecule has 0 saturated carbocycles. The molecule has 0 bridgehead atoms. The van der Waals surface area contributed by atoms with Gasteiger partial charge in [-0.3, -0.25) is 4.79 Å². The van der Waals surface area contributed by atoms with E-state index in [1.54, 1.807) is 6.07 Å². The van der Waals surface area contributed by atoms with Gasteiger partial charge in [-0.05, 0) is 72.1 Å². The number of furan rings is 1. The monoisotopic (exact) mass is 572 g/mol. The van der Waals surface area contributed by atoms with E-state index >= 15 is 0 Å². The Morgan fingerprint density at radius 3 is 2.41 bits per heavy atom. The van der Waals surface area contributed by atoms with Crippen molar-refractivity contribution in [1.29, 1.82) is 0 Å². The van der Waals surface area contributed by atoms with Crippen LogP contribution in [-0.2, 0) is 0 Å². The number of hydrazone groups is 1. The molecule has 9 heteroatoms. The van der Waals surface area contributed by atoms with Crippen LogP contribution >= 0.6 is 59.6 Å². The van der Waals surface area contributed by atoms with E-state index in [0.717, 1.165) is 9.37 Å². The van der Waals surface area contributed by atoms with Gasteiger partial charge in [0.25, 0.3) is 5.91 Å². The summed E-state index contributed by atoms with van der Waals surface area (Å²) in [6.07, 6.45) is 1.42. The number of benzene rings is 2. The predicted octanol–water partition coefficient (Wildman–Crippen LogP) is 6.19. The minimum Gasteiger partial charge on any atom is -0.506 e. The molecule has 2 N–H and O–H groups in total. The molecular formula is C18H11Br3N2O3S. The molecule has 0 aliphatic heterocycles. The highest BCUT2D eigenvalue weighted by molar-refractivity contribution is 9.11. The molecule has 0 saturated heterocycles. The Morgan fingerprint density at radius 1 is 1.07 bits per heavy atom. The number of halogens is 3. The molecular weight excluding hydrogens is 564 g/mol. The SMILES string of the molecule is O=C(N/N=C\c1cc(Br)c(Sc2ccccc2)o1)c1cc(Br)c(O)c(Br)c1. The van der Waals surface area contributed by atoms with Gasteiger partial charge in [0, 0.05) is 16.5 Å². The second kappa shape index (κ2) is 9.09. The van der Waals surface area contributed by atoms with Crippen LogP contribution in [0.2, 0.25) is 0 Å². The Bertz CT molecular complexity index is 983. The molecule has 27 heavy (non-hydrogen) atoms. The number of carbonyl (C=O) groups excluding carboxylic acids is 1. The molecule has 138 valence electrons. The summed E-state index contributed by atoms with van der Waals surface area (Å²) >= 11 is 11.3. The van der Waals surface area contributed by atoms with Crippen molar-refractivity contribution >= 4 is 71.7 Å². The minimum atomic E-state index is -0.419. The third-order valence-electron chi connectivity index (χ3n) is 3.27. The quantitative estimate of drug-likeness (QED) is 0.282. The summed E-state index contributed by atoms with van der Waals surface area (Å²) in [7, 11) is 0. The zero-order valence-corrected chi connectivity index (χ0v) is 19.0. The molecule has 0 unspecified atom stereocenters. The van der Waals surface area contributed by atoms with Gasteiger partial charge in [-0.2, -0.15) is 5.10 Å². The Labute approximate surface area is 184 Å². The number of hydrogen-bond acceptors (Lipinski definition) is 5. The van der Waals surface area contributed by atoms with Gasteiger partial charge in [-0.15, -0.1) is 0 Å². The van der Waals surface area contributed by atoms with Crippen molar-refractivity contribution in [2.45, 2.75) is 9.99 Å². The molecule has 1 aromatic heterocycles. The first kappa shape index (κ1) is 20.2. The third-order valence-corrected chi connectivity index (χ3v) is 6.32. The Morgan fingerprint density at radius 2 is 1.74 bits per heavy atom. The Balaban J connectivity index is 1.66. The van der Waals surface area contributed by atoms with E-state index in [4.69, 9.17) is 4.42 Å². The normalized spacial score (nSPS) is 11.1. The maximum atomic E-state index is 12.2. The molecule has 0 radical (unpaired) electrons. The highest BCUT2D eigenvalue weighted by Gasteiger charge is 2.12. The maximum Gasteiger partial charge on any atom is 0.271 e. The van der Waals surface area contributed by atoms with Gasteiger partial charge in [0.1, 0.15) is 11.5 Å². The lowest BCUT2D eigenvalue weighted by atomic mass is 10.2. The molecule has 5 nitrogen and oxygen atoms in total. The van der Waals surface area contributed by atoms with E-state index in [1.807, 2.05) is 30.3 Å². The molecule has 0 atom stereocenters. The molecule has 1 heterocycles. The van der Waals surface area contributed by atoms with Crippen molar-refractivity contribution in [3.05, 3.63) is 73.3 Å². The number of hydrogen-bond donors (Lipinski definition) is 2. The molecule has 3 rings (SSSR count). The molecule has 2 aromatic carbocycles. The predicted molar refractivity (Wildman–Crippen MR) is 116 cm³/mol. The van der Waals surface area contributed by atoms with Crippen LogP contribution in [0, 0.1) is 0 Å². The van der Waals surface area contributed by atoms with Crippen LogP contribution < -0.4 is 5.43 Å². The summed E-state index contributed by atoms with van der Waals surface area (Å²) in [5.41, 5.74) is 2.76. The fourth-order valence-electron chi connectivity index (χ4n) is 2.01. The average Bonchev–Trinajstić information content (AvgIpc) is 2.99. The first-order valence-electron chi connectivity index (χ1n) is 7.47. The lowest BCUT2D eigenvalue weighted by Gasteiger charge is -2.04. The molecule has 0 fully saturated rings. The van der Waals surface area contributed by atoms with Crippen LogP contribution in [0.1, 0.15) is 16.1 Å². The Kier molecular flexibility index (Phi) is 6.80.